The van der Waals surface area contributed by atoms with E-state index >= 15 is 0 Å². The molecule has 124 valence electrons. The fraction of sp³-hybridized carbons (Fsp3) is 0.167. The number of aromatic nitrogens is 2. The molecule has 3 N–H and O–H groups in total. The lowest BCUT2D eigenvalue weighted by Gasteiger charge is -2.10. The van der Waals surface area contributed by atoms with Crippen molar-refractivity contribution in [2.45, 2.75) is 19.4 Å². The quantitative estimate of drug-likeness (QED) is 0.719. The minimum absolute atomic E-state index is 0.184. The zero-order valence-corrected chi connectivity index (χ0v) is 14.6. The maximum absolute atomic E-state index is 9.43. The molecule has 6 heteroatoms. The third kappa shape index (κ3) is 3.56. The standard InChI is InChI=1S/C18H17Cl2N3O/c1-11(21)17-10-14(8-12-2-5-15(24)6-3-12)23(22-17)18-7-4-13(19)9-16(18)20/h2-7,9-11,24H,8,21H2,1H3. The normalized spacial score (nSPS) is 12.3. The number of benzene rings is 2. The third-order valence-electron chi connectivity index (χ3n) is 3.73. The second kappa shape index (κ2) is 6.85. The zero-order chi connectivity index (χ0) is 17.3. The molecule has 0 amide bonds. The van der Waals surface area contributed by atoms with Gasteiger partial charge in [0.1, 0.15) is 5.75 Å². The van der Waals surface area contributed by atoms with Gasteiger partial charge in [0.25, 0.3) is 0 Å². The van der Waals surface area contributed by atoms with E-state index in [-0.39, 0.29) is 11.8 Å². The molecule has 24 heavy (non-hydrogen) atoms. The van der Waals surface area contributed by atoms with Crippen molar-refractivity contribution in [2.75, 3.05) is 0 Å². The Balaban J connectivity index is 2.05. The van der Waals surface area contributed by atoms with Gasteiger partial charge in [-0.2, -0.15) is 5.10 Å². The second-order valence-electron chi connectivity index (χ2n) is 5.70. The molecule has 0 spiro atoms. The highest BCUT2D eigenvalue weighted by atomic mass is 35.5. The first-order valence-corrected chi connectivity index (χ1v) is 8.27. The van der Waals surface area contributed by atoms with Crippen LogP contribution in [-0.4, -0.2) is 14.9 Å². The summed E-state index contributed by atoms with van der Waals surface area (Å²) in [4.78, 5) is 0. The Morgan fingerprint density at radius 1 is 1.12 bits per heavy atom. The number of hydrogen-bond donors (Lipinski definition) is 2. The number of phenolic OH excluding ortho intramolecular Hbond substituents is 1. The average Bonchev–Trinajstić information content (AvgIpc) is 2.93. The minimum Gasteiger partial charge on any atom is -0.508 e. The van der Waals surface area contributed by atoms with Gasteiger partial charge in [-0.3, -0.25) is 0 Å². The SMILES string of the molecule is CC(N)c1cc(Cc2ccc(O)cc2)n(-c2ccc(Cl)cc2Cl)n1. The number of rotatable bonds is 4. The fourth-order valence-electron chi connectivity index (χ4n) is 2.47. The summed E-state index contributed by atoms with van der Waals surface area (Å²) in [6, 6.07) is 14.2. The lowest BCUT2D eigenvalue weighted by Crippen LogP contribution is -2.07. The van der Waals surface area contributed by atoms with Crippen molar-refractivity contribution in [3.8, 4) is 11.4 Å². The van der Waals surface area contributed by atoms with Crippen LogP contribution in [-0.2, 0) is 6.42 Å². The Kier molecular flexibility index (Phi) is 4.81. The first-order valence-electron chi connectivity index (χ1n) is 7.52. The zero-order valence-electron chi connectivity index (χ0n) is 13.1. The summed E-state index contributed by atoms with van der Waals surface area (Å²) in [5.74, 6) is 0.240. The van der Waals surface area contributed by atoms with Gasteiger partial charge in [0.15, 0.2) is 0 Å². The second-order valence-corrected chi connectivity index (χ2v) is 6.54. The van der Waals surface area contributed by atoms with Gasteiger partial charge in [-0.25, -0.2) is 4.68 Å². The Labute approximate surface area is 150 Å². The van der Waals surface area contributed by atoms with Gasteiger partial charge in [0.05, 0.1) is 16.4 Å². The molecule has 1 unspecified atom stereocenters. The van der Waals surface area contributed by atoms with Gasteiger partial charge in [-0.05, 0) is 48.9 Å². The molecule has 0 aliphatic heterocycles. The van der Waals surface area contributed by atoms with E-state index in [2.05, 4.69) is 5.10 Å². The largest absolute Gasteiger partial charge is 0.508 e. The maximum Gasteiger partial charge on any atom is 0.115 e. The molecule has 1 heterocycles. The Bertz CT molecular complexity index is 857. The van der Waals surface area contributed by atoms with Gasteiger partial charge in [-0.15, -0.1) is 0 Å². The Morgan fingerprint density at radius 3 is 2.46 bits per heavy atom. The summed E-state index contributed by atoms with van der Waals surface area (Å²) in [5, 5.41) is 15.1. The van der Waals surface area contributed by atoms with Gasteiger partial charge in [-0.1, -0.05) is 35.3 Å². The molecular formula is C18H17Cl2N3O. The molecule has 0 saturated carbocycles. The highest BCUT2D eigenvalue weighted by Gasteiger charge is 2.15. The monoisotopic (exact) mass is 361 g/mol. The fourth-order valence-corrected chi connectivity index (χ4v) is 2.96. The number of phenols is 1. The summed E-state index contributed by atoms with van der Waals surface area (Å²) in [6.07, 6.45) is 0.638. The summed E-state index contributed by atoms with van der Waals surface area (Å²) >= 11 is 12.3. The van der Waals surface area contributed by atoms with Crippen LogP contribution in [0, 0.1) is 0 Å². The summed E-state index contributed by atoms with van der Waals surface area (Å²) < 4.78 is 1.80. The van der Waals surface area contributed by atoms with E-state index < -0.39 is 0 Å². The number of nitrogens with zero attached hydrogens (tertiary/aromatic N) is 2. The van der Waals surface area contributed by atoms with Gasteiger partial charge in [0, 0.05) is 23.2 Å². The van der Waals surface area contributed by atoms with Gasteiger partial charge >= 0.3 is 0 Å². The number of nitrogens with two attached hydrogens (primary N) is 1. The molecule has 3 rings (SSSR count). The van der Waals surface area contributed by atoms with Crippen molar-refractivity contribution in [1.29, 1.82) is 0 Å². The first-order chi connectivity index (χ1) is 11.4. The van der Waals surface area contributed by atoms with E-state index in [1.165, 1.54) is 0 Å². The van der Waals surface area contributed by atoms with E-state index in [0.29, 0.717) is 16.5 Å². The van der Waals surface area contributed by atoms with E-state index in [9.17, 15) is 5.11 Å². The topological polar surface area (TPSA) is 64.1 Å². The van der Waals surface area contributed by atoms with Crippen LogP contribution in [0.5, 0.6) is 5.75 Å². The van der Waals surface area contributed by atoms with E-state index in [1.807, 2.05) is 31.2 Å². The number of halogens is 2. The van der Waals surface area contributed by atoms with Crippen LogP contribution in [0.2, 0.25) is 10.0 Å². The number of aromatic hydroxyl groups is 1. The van der Waals surface area contributed by atoms with Crippen molar-refractivity contribution in [3.63, 3.8) is 0 Å². The predicted octanol–water partition coefficient (Wildman–Crippen LogP) is 4.50. The maximum atomic E-state index is 9.43. The smallest absolute Gasteiger partial charge is 0.115 e. The summed E-state index contributed by atoms with van der Waals surface area (Å²) in [6.45, 7) is 1.89. The molecule has 0 bridgehead atoms. The number of hydrogen-bond acceptors (Lipinski definition) is 3. The Hall–Kier alpha value is -2.01. The average molecular weight is 362 g/mol. The van der Waals surface area contributed by atoms with Crippen molar-refractivity contribution >= 4 is 23.2 Å². The molecule has 3 aromatic rings. The van der Waals surface area contributed by atoms with Crippen LogP contribution in [0.1, 0.15) is 29.9 Å². The van der Waals surface area contributed by atoms with Crippen LogP contribution in [0.25, 0.3) is 5.69 Å². The molecule has 1 atom stereocenters. The molecular weight excluding hydrogens is 345 g/mol. The van der Waals surface area contributed by atoms with Crippen LogP contribution < -0.4 is 5.73 Å². The van der Waals surface area contributed by atoms with Crippen LogP contribution in [0.3, 0.4) is 0 Å². The molecule has 1 aromatic heterocycles. The molecule has 0 aliphatic carbocycles. The van der Waals surface area contributed by atoms with Gasteiger partial charge in [0.2, 0.25) is 0 Å². The van der Waals surface area contributed by atoms with Crippen molar-refractivity contribution in [2.24, 2.45) is 5.73 Å². The molecule has 0 radical (unpaired) electrons. The van der Waals surface area contributed by atoms with Crippen LogP contribution in [0.15, 0.2) is 48.5 Å². The molecule has 0 aliphatic rings. The van der Waals surface area contributed by atoms with Crippen molar-refractivity contribution < 1.29 is 5.11 Å². The van der Waals surface area contributed by atoms with Gasteiger partial charge < -0.3 is 10.8 Å². The molecule has 0 saturated heterocycles. The molecule has 2 aromatic carbocycles. The van der Waals surface area contributed by atoms with E-state index in [4.69, 9.17) is 28.9 Å². The Morgan fingerprint density at radius 2 is 1.83 bits per heavy atom. The minimum atomic E-state index is -0.184. The third-order valence-corrected chi connectivity index (χ3v) is 4.27. The summed E-state index contributed by atoms with van der Waals surface area (Å²) in [7, 11) is 0. The highest BCUT2D eigenvalue weighted by molar-refractivity contribution is 6.35. The van der Waals surface area contributed by atoms with Crippen molar-refractivity contribution in [3.05, 3.63) is 75.5 Å². The molecule has 4 nitrogen and oxygen atoms in total. The van der Waals surface area contributed by atoms with E-state index in [1.54, 1.807) is 28.9 Å². The van der Waals surface area contributed by atoms with Crippen molar-refractivity contribution in [1.82, 2.24) is 9.78 Å². The first kappa shape index (κ1) is 16.8. The predicted molar refractivity (Wildman–Crippen MR) is 97.1 cm³/mol. The summed E-state index contributed by atoms with van der Waals surface area (Å²) in [5.41, 5.74) is 9.53. The van der Waals surface area contributed by atoms with Crippen LogP contribution >= 0.6 is 23.2 Å². The highest BCUT2D eigenvalue weighted by Crippen LogP contribution is 2.27. The lowest BCUT2D eigenvalue weighted by molar-refractivity contribution is 0.475. The van der Waals surface area contributed by atoms with E-state index in [0.717, 1.165) is 22.6 Å². The molecule has 0 fully saturated rings. The lowest BCUT2D eigenvalue weighted by atomic mass is 10.1. The van der Waals surface area contributed by atoms with Crippen LogP contribution in [0.4, 0.5) is 0 Å².